The van der Waals surface area contributed by atoms with Crippen LogP contribution in [-0.4, -0.2) is 39.8 Å². The third kappa shape index (κ3) is 4.73. The first-order valence-corrected chi connectivity index (χ1v) is 6.35. The Morgan fingerprint density at radius 3 is 2.67 bits per heavy atom. The second-order valence-electron chi connectivity index (χ2n) is 3.00. The first kappa shape index (κ1) is 11.9. The molecule has 84 valence electrons. The summed E-state index contributed by atoms with van der Waals surface area (Å²) >= 11 is 0. The Labute approximate surface area is 91.7 Å². The number of hydrogen-bond acceptors (Lipinski definition) is 5. The lowest BCUT2D eigenvalue weighted by Crippen LogP contribution is -2.08. The molecule has 0 aliphatic carbocycles. The van der Waals surface area contributed by atoms with Crippen molar-refractivity contribution in [3.05, 3.63) is 12.4 Å². The van der Waals surface area contributed by atoms with Crippen molar-refractivity contribution >= 4 is 16.7 Å². The first-order valence-electron chi connectivity index (χ1n) is 4.62. The Hall–Kier alpha value is -1.17. The van der Waals surface area contributed by atoms with Crippen molar-refractivity contribution in [3.8, 4) is 5.75 Å². The summed E-state index contributed by atoms with van der Waals surface area (Å²) in [6, 6.07) is 0. The van der Waals surface area contributed by atoms with Crippen LogP contribution in [0, 0.1) is 0 Å². The van der Waals surface area contributed by atoms with Crippen LogP contribution in [0.1, 0.15) is 6.42 Å². The van der Waals surface area contributed by atoms with E-state index in [1.807, 2.05) is 0 Å². The summed E-state index contributed by atoms with van der Waals surface area (Å²) in [4.78, 5) is 8.09. The number of rotatable bonds is 6. The van der Waals surface area contributed by atoms with Crippen LogP contribution in [0.4, 0.5) is 5.95 Å². The molecule has 1 heterocycles. The topological polar surface area (TPSA) is 64.1 Å². The quantitative estimate of drug-likeness (QED) is 0.726. The summed E-state index contributed by atoms with van der Waals surface area (Å²) in [6.07, 6.45) is 5.75. The van der Waals surface area contributed by atoms with Crippen LogP contribution < -0.4 is 10.1 Å². The molecule has 0 saturated heterocycles. The van der Waals surface area contributed by atoms with Gasteiger partial charge in [0.2, 0.25) is 5.95 Å². The van der Waals surface area contributed by atoms with Crippen LogP contribution in [0.3, 0.4) is 0 Å². The molecule has 0 spiro atoms. The van der Waals surface area contributed by atoms with Gasteiger partial charge in [-0.05, 0) is 6.42 Å². The van der Waals surface area contributed by atoms with Gasteiger partial charge in [-0.15, -0.1) is 0 Å². The number of aromatic nitrogens is 2. The highest BCUT2D eigenvalue weighted by atomic mass is 32.2. The molecular weight excluding hydrogens is 214 g/mol. The average Bonchev–Trinajstić information content (AvgIpc) is 2.25. The molecule has 5 nitrogen and oxygen atoms in total. The van der Waals surface area contributed by atoms with E-state index in [1.54, 1.807) is 25.8 Å². The fraction of sp³-hybridized carbons (Fsp3) is 0.556. The molecule has 6 heteroatoms. The van der Waals surface area contributed by atoms with Gasteiger partial charge in [-0.3, -0.25) is 4.21 Å². The first-order chi connectivity index (χ1) is 7.22. The Morgan fingerprint density at radius 1 is 1.47 bits per heavy atom. The smallest absolute Gasteiger partial charge is 0.222 e. The van der Waals surface area contributed by atoms with E-state index in [2.05, 4.69) is 15.3 Å². The minimum atomic E-state index is -0.729. The zero-order valence-electron chi connectivity index (χ0n) is 8.90. The minimum absolute atomic E-state index is 0.567. The predicted octanol–water partition coefficient (Wildman–Crippen LogP) is 0.666. The monoisotopic (exact) mass is 229 g/mol. The number of hydrogen-bond donors (Lipinski definition) is 1. The predicted molar refractivity (Wildman–Crippen MR) is 60.6 cm³/mol. The third-order valence-electron chi connectivity index (χ3n) is 1.76. The van der Waals surface area contributed by atoms with Crippen molar-refractivity contribution in [2.24, 2.45) is 0 Å². The number of ether oxygens (including phenoxy) is 1. The van der Waals surface area contributed by atoms with E-state index in [4.69, 9.17) is 4.74 Å². The summed E-state index contributed by atoms with van der Waals surface area (Å²) in [5.74, 6) is 1.90. The zero-order chi connectivity index (χ0) is 11.1. The van der Waals surface area contributed by atoms with E-state index in [9.17, 15) is 4.21 Å². The molecule has 0 aromatic carbocycles. The maximum absolute atomic E-state index is 10.8. The summed E-state index contributed by atoms with van der Waals surface area (Å²) in [7, 11) is 0.842. The van der Waals surface area contributed by atoms with Crippen LogP contribution in [-0.2, 0) is 10.8 Å². The summed E-state index contributed by atoms with van der Waals surface area (Å²) in [5, 5.41) is 3.04. The van der Waals surface area contributed by atoms with E-state index in [0.29, 0.717) is 17.5 Å². The van der Waals surface area contributed by atoms with Crippen molar-refractivity contribution in [2.45, 2.75) is 6.42 Å². The van der Waals surface area contributed by atoms with Gasteiger partial charge in [0.25, 0.3) is 0 Å². The van der Waals surface area contributed by atoms with E-state index in [1.165, 1.54) is 0 Å². The summed E-state index contributed by atoms with van der Waals surface area (Å²) in [5.41, 5.74) is 0. The summed E-state index contributed by atoms with van der Waals surface area (Å²) < 4.78 is 15.7. The maximum Gasteiger partial charge on any atom is 0.222 e. The molecule has 1 atom stereocenters. The number of anilines is 1. The molecule has 1 unspecified atom stereocenters. The van der Waals surface area contributed by atoms with E-state index in [0.717, 1.165) is 13.0 Å². The van der Waals surface area contributed by atoms with Crippen molar-refractivity contribution in [1.82, 2.24) is 9.97 Å². The van der Waals surface area contributed by atoms with Crippen LogP contribution in [0.25, 0.3) is 0 Å². The fourth-order valence-corrected chi connectivity index (χ4v) is 1.54. The average molecular weight is 229 g/mol. The van der Waals surface area contributed by atoms with Crippen LogP contribution in [0.15, 0.2) is 12.4 Å². The molecule has 1 N–H and O–H groups in total. The normalized spacial score (nSPS) is 12.1. The number of nitrogens with zero attached hydrogens (tertiary/aromatic N) is 2. The van der Waals surface area contributed by atoms with Crippen molar-refractivity contribution in [1.29, 1.82) is 0 Å². The van der Waals surface area contributed by atoms with E-state index < -0.39 is 10.8 Å². The zero-order valence-corrected chi connectivity index (χ0v) is 9.71. The van der Waals surface area contributed by atoms with Gasteiger partial charge >= 0.3 is 0 Å². The van der Waals surface area contributed by atoms with Crippen LogP contribution in [0.5, 0.6) is 5.75 Å². The van der Waals surface area contributed by atoms with Gasteiger partial charge in [-0.2, -0.15) is 0 Å². The summed E-state index contributed by atoms with van der Waals surface area (Å²) in [6.45, 7) is 0.728. The molecule has 0 bridgehead atoms. The van der Waals surface area contributed by atoms with Crippen LogP contribution in [0.2, 0.25) is 0 Å². The van der Waals surface area contributed by atoms with Gasteiger partial charge in [-0.1, -0.05) is 0 Å². The van der Waals surface area contributed by atoms with Gasteiger partial charge in [0.1, 0.15) is 0 Å². The molecule has 0 aliphatic heterocycles. The lowest BCUT2D eigenvalue weighted by atomic mass is 10.5. The fourth-order valence-electron chi connectivity index (χ4n) is 0.989. The Morgan fingerprint density at radius 2 is 2.13 bits per heavy atom. The van der Waals surface area contributed by atoms with Crippen molar-refractivity contribution in [3.63, 3.8) is 0 Å². The Bertz CT molecular complexity index is 316. The largest absolute Gasteiger partial charge is 0.494 e. The van der Waals surface area contributed by atoms with Crippen molar-refractivity contribution in [2.75, 3.05) is 31.0 Å². The van der Waals surface area contributed by atoms with Gasteiger partial charge < -0.3 is 10.1 Å². The van der Waals surface area contributed by atoms with E-state index in [-0.39, 0.29) is 0 Å². The minimum Gasteiger partial charge on any atom is -0.494 e. The standard InChI is InChI=1S/C9H15N3O2S/c1-14-8-6-11-9(12-7-8)10-4-3-5-15(2)13/h6-7H,3-5H2,1-2H3,(H,10,11,12). The molecule has 0 radical (unpaired) electrons. The molecule has 1 aromatic rings. The molecule has 1 rings (SSSR count). The van der Waals surface area contributed by atoms with Crippen LogP contribution >= 0.6 is 0 Å². The van der Waals surface area contributed by atoms with Gasteiger partial charge in [-0.25, -0.2) is 9.97 Å². The second-order valence-corrected chi connectivity index (χ2v) is 4.56. The Balaban J connectivity index is 2.28. The van der Waals surface area contributed by atoms with Gasteiger partial charge in [0, 0.05) is 29.4 Å². The number of nitrogens with one attached hydrogen (secondary N) is 1. The third-order valence-corrected chi connectivity index (χ3v) is 2.62. The molecule has 15 heavy (non-hydrogen) atoms. The highest BCUT2D eigenvalue weighted by molar-refractivity contribution is 7.84. The molecular formula is C9H15N3O2S. The molecule has 0 aliphatic rings. The Kier molecular flexibility index (Phi) is 5.03. The molecule has 0 fully saturated rings. The molecule has 0 amide bonds. The highest BCUT2D eigenvalue weighted by Gasteiger charge is 1.97. The number of methoxy groups -OCH3 is 1. The van der Waals surface area contributed by atoms with E-state index >= 15 is 0 Å². The molecule has 0 saturated carbocycles. The second kappa shape index (κ2) is 6.34. The lowest BCUT2D eigenvalue weighted by Gasteiger charge is -2.04. The van der Waals surface area contributed by atoms with Crippen molar-refractivity contribution < 1.29 is 8.95 Å². The van der Waals surface area contributed by atoms with Gasteiger partial charge in [0.15, 0.2) is 5.75 Å². The van der Waals surface area contributed by atoms with Gasteiger partial charge in [0.05, 0.1) is 19.5 Å². The maximum atomic E-state index is 10.8. The lowest BCUT2D eigenvalue weighted by molar-refractivity contribution is 0.411. The highest BCUT2D eigenvalue weighted by Crippen LogP contribution is 2.06. The SMILES string of the molecule is COc1cnc(NCCCS(C)=O)nc1. The molecule has 1 aromatic heterocycles.